The van der Waals surface area contributed by atoms with Crippen molar-refractivity contribution >= 4 is 11.8 Å². The van der Waals surface area contributed by atoms with Crippen molar-refractivity contribution in [3.63, 3.8) is 0 Å². The Hall–Kier alpha value is -1.88. The summed E-state index contributed by atoms with van der Waals surface area (Å²) in [7, 11) is 0. The van der Waals surface area contributed by atoms with E-state index in [0.717, 1.165) is 32.1 Å². The number of rotatable bonds is 6. The average molecular weight is 495 g/mol. The summed E-state index contributed by atoms with van der Waals surface area (Å²) in [4.78, 5) is 30.6. The molecule has 0 radical (unpaired) electrons. The maximum absolute atomic E-state index is 13.5. The van der Waals surface area contributed by atoms with Gasteiger partial charge in [0.2, 0.25) is 11.8 Å². The highest BCUT2D eigenvalue weighted by molar-refractivity contribution is 5.80. The molecule has 4 aliphatic rings. The normalized spacial score (nSPS) is 29.8. The lowest BCUT2D eigenvalue weighted by atomic mass is 9.65. The summed E-state index contributed by atoms with van der Waals surface area (Å²) in [5.41, 5.74) is 1.25. The monoisotopic (exact) mass is 494 g/mol. The third-order valence-corrected chi connectivity index (χ3v) is 10.2. The molecule has 2 saturated heterocycles. The van der Waals surface area contributed by atoms with Gasteiger partial charge < -0.3 is 14.9 Å². The third kappa shape index (κ3) is 5.10. The number of likely N-dealkylation sites (tertiary alicyclic amines) is 2. The van der Waals surface area contributed by atoms with Gasteiger partial charge in [-0.2, -0.15) is 0 Å². The van der Waals surface area contributed by atoms with Crippen molar-refractivity contribution in [1.82, 2.24) is 9.80 Å². The molecule has 0 unspecified atom stereocenters. The standard InChI is InChI=1S/C31H46N2O3/c1-23-10-12-26(13-11-23)27-19-28(34)33(20-27)22-31(36)16-17-32(21-30(31)14-6-7-15-30)29(35)24(2)18-25-8-4-3-5-9-25/h10-13,24-25,27,36H,3-9,14-22H2,1-2H3/t24-,27-,31-/m1/s1. The number of aryl methyl sites for hydroxylation is 1. The predicted octanol–water partition coefficient (Wildman–Crippen LogP) is 5.44. The van der Waals surface area contributed by atoms with Gasteiger partial charge in [0.1, 0.15) is 0 Å². The summed E-state index contributed by atoms with van der Waals surface area (Å²) in [6.45, 7) is 6.55. The van der Waals surface area contributed by atoms with Crippen LogP contribution in [0.25, 0.3) is 0 Å². The van der Waals surface area contributed by atoms with Gasteiger partial charge >= 0.3 is 0 Å². The van der Waals surface area contributed by atoms with Crippen LogP contribution >= 0.6 is 0 Å². The molecular weight excluding hydrogens is 448 g/mol. The molecule has 2 aliphatic carbocycles. The molecule has 0 bridgehead atoms. The van der Waals surface area contributed by atoms with Crippen LogP contribution < -0.4 is 0 Å². The first-order valence-corrected chi connectivity index (χ1v) is 14.6. The number of aliphatic hydroxyl groups is 1. The fourth-order valence-corrected chi connectivity index (χ4v) is 7.92. The summed E-state index contributed by atoms with van der Waals surface area (Å²) in [5, 5.41) is 12.2. The fraction of sp³-hybridized carbons (Fsp3) is 0.742. The minimum absolute atomic E-state index is 0.0631. The molecule has 2 heterocycles. The van der Waals surface area contributed by atoms with Crippen LogP contribution in [0, 0.1) is 24.2 Å². The van der Waals surface area contributed by atoms with E-state index in [2.05, 4.69) is 43.0 Å². The van der Waals surface area contributed by atoms with Gasteiger partial charge in [-0.15, -0.1) is 0 Å². The van der Waals surface area contributed by atoms with E-state index in [9.17, 15) is 14.7 Å². The lowest BCUT2D eigenvalue weighted by Gasteiger charge is -2.53. The predicted molar refractivity (Wildman–Crippen MR) is 143 cm³/mol. The first-order chi connectivity index (χ1) is 17.3. The second-order valence-corrected chi connectivity index (χ2v) is 12.8. The number of carbonyl (C=O) groups excluding carboxylic acids is 2. The van der Waals surface area contributed by atoms with Gasteiger partial charge in [0.25, 0.3) is 0 Å². The molecule has 198 valence electrons. The zero-order chi connectivity index (χ0) is 25.3. The molecule has 4 fully saturated rings. The Morgan fingerprint density at radius 1 is 1.06 bits per heavy atom. The lowest BCUT2D eigenvalue weighted by Crippen LogP contribution is -2.64. The third-order valence-electron chi connectivity index (χ3n) is 10.2. The maximum atomic E-state index is 13.5. The van der Waals surface area contributed by atoms with Crippen LogP contribution in [0.1, 0.15) is 101 Å². The Morgan fingerprint density at radius 3 is 2.44 bits per heavy atom. The second kappa shape index (κ2) is 10.5. The summed E-state index contributed by atoms with van der Waals surface area (Å²) in [5.74, 6) is 1.39. The molecule has 1 aromatic carbocycles. The molecule has 1 N–H and O–H groups in total. The minimum Gasteiger partial charge on any atom is -0.387 e. The number of hydrogen-bond acceptors (Lipinski definition) is 3. The molecule has 3 atom stereocenters. The van der Waals surface area contributed by atoms with Gasteiger partial charge in [0.05, 0.1) is 12.1 Å². The van der Waals surface area contributed by atoms with Gasteiger partial charge in [-0.1, -0.05) is 81.7 Å². The summed E-state index contributed by atoms with van der Waals surface area (Å²) in [6.07, 6.45) is 12.7. The van der Waals surface area contributed by atoms with Gasteiger partial charge in [-0.25, -0.2) is 0 Å². The molecule has 2 saturated carbocycles. The van der Waals surface area contributed by atoms with Crippen molar-refractivity contribution in [2.75, 3.05) is 26.2 Å². The van der Waals surface area contributed by atoms with Crippen LogP contribution in [0.3, 0.4) is 0 Å². The van der Waals surface area contributed by atoms with Crippen LogP contribution in [0.2, 0.25) is 0 Å². The summed E-state index contributed by atoms with van der Waals surface area (Å²) >= 11 is 0. The van der Waals surface area contributed by atoms with Crippen molar-refractivity contribution in [3.05, 3.63) is 35.4 Å². The first-order valence-electron chi connectivity index (χ1n) is 14.6. The highest BCUT2D eigenvalue weighted by atomic mass is 16.3. The summed E-state index contributed by atoms with van der Waals surface area (Å²) < 4.78 is 0. The van der Waals surface area contributed by atoms with Crippen LogP contribution in [-0.2, 0) is 9.59 Å². The van der Waals surface area contributed by atoms with Crippen molar-refractivity contribution in [2.24, 2.45) is 17.3 Å². The number of β-amino-alcohol motifs (C(OH)–C–C–N with tert-alkyl or cyclic N) is 1. The van der Waals surface area contributed by atoms with Crippen LogP contribution in [0.15, 0.2) is 24.3 Å². The lowest BCUT2D eigenvalue weighted by molar-refractivity contribution is -0.167. The molecule has 5 heteroatoms. The number of benzene rings is 1. The molecule has 1 aromatic rings. The van der Waals surface area contributed by atoms with E-state index in [0.29, 0.717) is 44.9 Å². The van der Waals surface area contributed by atoms with Crippen molar-refractivity contribution in [2.45, 2.75) is 102 Å². The van der Waals surface area contributed by atoms with Gasteiger partial charge in [-0.05, 0) is 44.1 Å². The zero-order valence-corrected chi connectivity index (χ0v) is 22.5. The number of hydrogen-bond donors (Lipinski definition) is 1. The van der Waals surface area contributed by atoms with Crippen LogP contribution in [0.5, 0.6) is 0 Å². The molecule has 2 amide bonds. The van der Waals surface area contributed by atoms with Gasteiger partial charge in [0.15, 0.2) is 0 Å². The number of amides is 2. The van der Waals surface area contributed by atoms with E-state index in [-0.39, 0.29) is 29.1 Å². The zero-order valence-electron chi connectivity index (χ0n) is 22.5. The smallest absolute Gasteiger partial charge is 0.225 e. The molecule has 5 nitrogen and oxygen atoms in total. The second-order valence-electron chi connectivity index (χ2n) is 12.8. The number of carbonyl (C=O) groups is 2. The molecule has 2 aliphatic heterocycles. The van der Waals surface area contributed by atoms with E-state index in [1.807, 2.05) is 4.90 Å². The molecule has 5 rings (SSSR count). The maximum Gasteiger partial charge on any atom is 0.225 e. The van der Waals surface area contributed by atoms with Crippen LogP contribution in [0.4, 0.5) is 0 Å². The minimum atomic E-state index is -0.912. The summed E-state index contributed by atoms with van der Waals surface area (Å²) in [6, 6.07) is 8.52. The van der Waals surface area contributed by atoms with Gasteiger partial charge in [-0.3, -0.25) is 9.59 Å². The number of piperidine rings is 1. The topological polar surface area (TPSA) is 60.9 Å². The fourth-order valence-electron chi connectivity index (χ4n) is 7.92. The SMILES string of the molecule is Cc1ccc([C@@H]2CC(=O)N(C[C@]3(O)CCN(C(=O)[C@H](C)CC4CCCCC4)CC34CCCC4)C2)cc1. The molecule has 0 aromatic heterocycles. The highest BCUT2D eigenvalue weighted by Crippen LogP contribution is 2.52. The van der Waals surface area contributed by atoms with E-state index < -0.39 is 5.60 Å². The highest BCUT2D eigenvalue weighted by Gasteiger charge is 2.57. The van der Waals surface area contributed by atoms with E-state index in [4.69, 9.17) is 0 Å². The molecule has 36 heavy (non-hydrogen) atoms. The Balaban J connectivity index is 1.25. The molecular formula is C31H46N2O3. The average Bonchev–Trinajstić information content (AvgIpc) is 3.49. The van der Waals surface area contributed by atoms with E-state index in [1.165, 1.54) is 43.2 Å². The van der Waals surface area contributed by atoms with E-state index in [1.54, 1.807) is 0 Å². The van der Waals surface area contributed by atoms with Gasteiger partial charge in [0, 0.05) is 43.3 Å². The Labute approximate surface area is 217 Å². The van der Waals surface area contributed by atoms with E-state index >= 15 is 0 Å². The Kier molecular flexibility index (Phi) is 7.49. The first kappa shape index (κ1) is 25.8. The quantitative estimate of drug-likeness (QED) is 0.573. The molecule has 1 spiro atoms. The van der Waals surface area contributed by atoms with Crippen LogP contribution in [-0.4, -0.2) is 58.5 Å². The Bertz CT molecular complexity index is 932. The Morgan fingerprint density at radius 2 is 1.75 bits per heavy atom. The number of nitrogens with zero attached hydrogens (tertiary/aromatic N) is 2. The van der Waals surface area contributed by atoms with Crippen molar-refractivity contribution in [1.29, 1.82) is 0 Å². The van der Waals surface area contributed by atoms with Crippen molar-refractivity contribution < 1.29 is 14.7 Å². The van der Waals surface area contributed by atoms with Crippen molar-refractivity contribution in [3.8, 4) is 0 Å². The largest absolute Gasteiger partial charge is 0.387 e.